The number of hydrogen-bond acceptors (Lipinski definition) is 2. The van der Waals surface area contributed by atoms with Gasteiger partial charge in [0.05, 0.1) is 6.42 Å². The van der Waals surface area contributed by atoms with Gasteiger partial charge in [-0.15, -0.1) is 0 Å². The van der Waals surface area contributed by atoms with E-state index in [1.165, 1.54) is 26.2 Å². The second-order valence-electron chi connectivity index (χ2n) is 8.01. The highest BCUT2D eigenvalue weighted by Crippen LogP contribution is 2.40. The normalized spacial score (nSPS) is 20.8. The van der Waals surface area contributed by atoms with Gasteiger partial charge in [0.1, 0.15) is 0 Å². The minimum Gasteiger partial charge on any atom is -0.353 e. The first-order valence-corrected chi connectivity index (χ1v) is 9.46. The minimum absolute atomic E-state index is 0.0884. The molecular formula is C21H32N2O2. The van der Waals surface area contributed by atoms with Crippen LogP contribution in [0.3, 0.4) is 0 Å². The van der Waals surface area contributed by atoms with Crippen molar-refractivity contribution in [2.45, 2.75) is 72.3 Å². The van der Waals surface area contributed by atoms with Crippen LogP contribution in [0.4, 0.5) is 5.69 Å². The molecule has 2 amide bonds. The first kappa shape index (κ1) is 19.5. The zero-order valence-electron chi connectivity index (χ0n) is 16.0. The van der Waals surface area contributed by atoms with Gasteiger partial charge >= 0.3 is 0 Å². The lowest BCUT2D eigenvalue weighted by Crippen LogP contribution is -2.40. The molecule has 25 heavy (non-hydrogen) atoms. The number of benzene rings is 1. The van der Waals surface area contributed by atoms with Crippen LogP contribution >= 0.6 is 0 Å². The zero-order chi connectivity index (χ0) is 18.4. The van der Waals surface area contributed by atoms with Crippen LogP contribution in [0.2, 0.25) is 0 Å². The third-order valence-electron chi connectivity index (χ3n) is 5.75. The molecule has 0 bridgehead atoms. The van der Waals surface area contributed by atoms with Gasteiger partial charge < -0.3 is 10.6 Å². The van der Waals surface area contributed by atoms with Crippen LogP contribution in [0.25, 0.3) is 0 Å². The molecule has 1 saturated carbocycles. The lowest BCUT2D eigenvalue weighted by Gasteiger charge is -2.39. The number of carbonyl (C=O) groups is 2. The lowest BCUT2D eigenvalue weighted by molar-refractivity contribution is -0.121. The molecule has 0 radical (unpaired) electrons. The third-order valence-corrected chi connectivity index (χ3v) is 5.75. The molecule has 0 aromatic heterocycles. The van der Waals surface area contributed by atoms with Gasteiger partial charge in [-0.3, -0.25) is 9.59 Å². The van der Waals surface area contributed by atoms with Crippen LogP contribution in [-0.4, -0.2) is 17.9 Å². The average molecular weight is 344 g/mol. The molecule has 0 aliphatic heterocycles. The van der Waals surface area contributed by atoms with Crippen molar-refractivity contribution in [3.63, 3.8) is 0 Å². The fourth-order valence-electron chi connectivity index (χ4n) is 3.68. The Kier molecular flexibility index (Phi) is 6.63. The van der Waals surface area contributed by atoms with E-state index in [9.17, 15) is 9.59 Å². The van der Waals surface area contributed by atoms with E-state index in [2.05, 4.69) is 31.4 Å². The number of nitrogens with one attached hydrogen (secondary N) is 2. The second-order valence-corrected chi connectivity index (χ2v) is 8.01. The van der Waals surface area contributed by atoms with Gasteiger partial charge in [-0.25, -0.2) is 0 Å². The van der Waals surface area contributed by atoms with E-state index in [0.29, 0.717) is 17.9 Å². The number of hydrogen-bond donors (Lipinski definition) is 2. The molecule has 1 aromatic rings. The van der Waals surface area contributed by atoms with Crippen molar-refractivity contribution in [2.24, 2.45) is 11.3 Å². The fraction of sp³-hybridized carbons (Fsp3) is 0.619. The fourth-order valence-corrected chi connectivity index (χ4v) is 3.68. The van der Waals surface area contributed by atoms with E-state index in [-0.39, 0.29) is 11.8 Å². The van der Waals surface area contributed by atoms with Crippen LogP contribution in [0, 0.1) is 11.3 Å². The minimum atomic E-state index is -0.0904. The molecule has 1 aliphatic rings. The van der Waals surface area contributed by atoms with Crippen molar-refractivity contribution >= 4 is 17.5 Å². The molecular weight excluding hydrogens is 312 g/mol. The third kappa shape index (κ3) is 5.87. The van der Waals surface area contributed by atoms with Crippen molar-refractivity contribution < 1.29 is 9.59 Å². The Morgan fingerprint density at radius 3 is 2.20 bits per heavy atom. The van der Waals surface area contributed by atoms with Crippen LogP contribution in [0.5, 0.6) is 0 Å². The summed E-state index contributed by atoms with van der Waals surface area (Å²) in [6.07, 6.45) is 6.18. The molecule has 0 spiro atoms. The van der Waals surface area contributed by atoms with Gasteiger partial charge in [-0.2, -0.15) is 0 Å². The van der Waals surface area contributed by atoms with E-state index in [0.717, 1.165) is 30.0 Å². The Morgan fingerprint density at radius 1 is 1.08 bits per heavy atom. The Balaban J connectivity index is 1.78. The summed E-state index contributed by atoms with van der Waals surface area (Å²) in [6.45, 7) is 8.48. The molecule has 4 heteroatoms. The van der Waals surface area contributed by atoms with Crippen LogP contribution in [-0.2, 0) is 16.0 Å². The smallest absolute Gasteiger partial charge is 0.224 e. The summed E-state index contributed by atoms with van der Waals surface area (Å²) in [7, 11) is 0. The number of anilines is 1. The first-order valence-electron chi connectivity index (χ1n) is 9.46. The average Bonchev–Trinajstić information content (AvgIpc) is 2.56. The topological polar surface area (TPSA) is 58.2 Å². The van der Waals surface area contributed by atoms with E-state index in [1.54, 1.807) is 0 Å². The zero-order valence-corrected chi connectivity index (χ0v) is 16.0. The predicted molar refractivity (Wildman–Crippen MR) is 102 cm³/mol. The van der Waals surface area contributed by atoms with Gasteiger partial charge in [-0.1, -0.05) is 39.3 Å². The van der Waals surface area contributed by atoms with Crippen molar-refractivity contribution in [2.75, 3.05) is 5.32 Å². The van der Waals surface area contributed by atoms with E-state index >= 15 is 0 Å². The SMILES string of the molecule is CCC(C)(C)C1CCC(NC(=O)Cc2ccc(NC(C)=O)cc2)CC1. The van der Waals surface area contributed by atoms with Crippen molar-refractivity contribution in [1.29, 1.82) is 0 Å². The maximum Gasteiger partial charge on any atom is 0.224 e. The van der Waals surface area contributed by atoms with Gasteiger partial charge in [-0.05, 0) is 54.7 Å². The summed E-state index contributed by atoms with van der Waals surface area (Å²) in [5.41, 5.74) is 2.13. The summed E-state index contributed by atoms with van der Waals surface area (Å²) in [5, 5.41) is 5.93. The highest BCUT2D eigenvalue weighted by Gasteiger charge is 2.32. The van der Waals surface area contributed by atoms with E-state index in [1.807, 2.05) is 24.3 Å². The van der Waals surface area contributed by atoms with Gasteiger partial charge in [0.15, 0.2) is 0 Å². The quantitative estimate of drug-likeness (QED) is 0.808. The highest BCUT2D eigenvalue weighted by molar-refractivity contribution is 5.88. The monoisotopic (exact) mass is 344 g/mol. The van der Waals surface area contributed by atoms with Gasteiger partial charge in [0.2, 0.25) is 11.8 Å². The Morgan fingerprint density at radius 2 is 1.68 bits per heavy atom. The first-order chi connectivity index (χ1) is 11.8. The van der Waals surface area contributed by atoms with Crippen LogP contribution < -0.4 is 10.6 Å². The lowest BCUT2D eigenvalue weighted by atomic mass is 9.69. The maximum atomic E-state index is 12.3. The molecule has 1 aromatic carbocycles. The molecule has 1 fully saturated rings. The molecule has 4 nitrogen and oxygen atoms in total. The van der Waals surface area contributed by atoms with Gasteiger partial charge in [0, 0.05) is 18.7 Å². The van der Waals surface area contributed by atoms with E-state index < -0.39 is 0 Å². The molecule has 1 aliphatic carbocycles. The summed E-state index contributed by atoms with van der Waals surface area (Å²) in [5.74, 6) is 0.768. The molecule has 0 saturated heterocycles. The second kappa shape index (κ2) is 8.50. The Hall–Kier alpha value is -1.84. The molecule has 2 N–H and O–H groups in total. The van der Waals surface area contributed by atoms with Crippen LogP contribution in [0.1, 0.15) is 65.4 Å². The molecule has 2 rings (SSSR count). The number of rotatable bonds is 6. The van der Waals surface area contributed by atoms with Crippen molar-refractivity contribution in [1.82, 2.24) is 5.32 Å². The summed E-state index contributed by atoms with van der Waals surface area (Å²) < 4.78 is 0. The number of carbonyl (C=O) groups excluding carboxylic acids is 2. The predicted octanol–water partition coefficient (Wildman–Crippen LogP) is 4.30. The van der Waals surface area contributed by atoms with Crippen molar-refractivity contribution in [3.8, 4) is 0 Å². The maximum absolute atomic E-state index is 12.3. The van der Waals surface area contributed by atoms with E-state index in [4.69, 9.17) is 0 Å². The largest absolute Gasteiger partial charge is 0.353 e. The standard InChI is InChI=1S/C21H32N2O2/c1-5-21(3,4)17-8-12-19(13-9-17)23-20(25)14-16-6-10-18(11-7-16)22-15(2)24/h6-7,10-11,17,19H,5,8-9,12-14H2,1-4H3,(H,22,24)(H,23,25). The highest BCUT2D eigenvalue weighted by atomic mass is 16.2. The Labute approximate surface area is 151 Å². The number of amides is 2. The molecule has 0 unspecified atom stereocenters. The van der Waals surface area contributed by atoms with Crippen LogP contribution in [0.15, 0.2) is 24.3 Å². The Bertz CT molecular complexity index is 584. The summed E-state index contributed by atoms with van der Waals surface area (Å²) in [4.78, 5) is 23.3. The van der Waals surface area contributed by atoms with Gasteiger partial charge in [0.25, 0.3) is 0 Å². The summed E-state index contributed by atoms with van der Waals surface area (Å²) in [6, 6.07) is 7.77. The molecule has 138 valence electrons. The molecule has 0 heterocycles. The summed E-state index contributed by atoms with van der Waals surface area (Å²) >= 11 is 0. The van der Waals surface area contributed by atoms with Crippen molar-refractivity contribution in [3.05, 3.63) is 29.8 Å². The molecule has 0 atom stereocenters.